The maximum absolute atomic E-state index is 13.9. The van der Waals surface area contributed by atoms with Crippen molar-refractivity contribution in [2.75, 3.05) is 40.0 Å². The maximum Gasteiger partial charge on any atom is 0.255 e. The predicted octanol–water partition coefficient (Wildman–Crippen LogP) is 3.52. The Morgan fingerprint density at radius 3 is 2.43 bits per heavy atom. The van der Waals surface area contributed by atoms with E-state index in [1.54, 1.807) is 48.4 Å². The lowest BCUT2D eigenvalue weighted by atomic mass is 10.0. The zero-order valence-electron chi connectivity index (χ0n) is 27.0. The van der Waals surface area contributed by atoms with Gasteiger partial charge in [0.05, 0.1) is 32.2 Å². The molecule has 4 amide bonds. The summed E-state index contributed by atoms with van der Waals surface area (Å²) in [6, 6.07) is 21.3. The van der Waals surface area contributed by atoms with Gasteiger partial charge in [0, 0.05) is 19.5 Å². The van der Waals surface area contributed by atoms with Crippen molar-refractivity contribution in [1.82, 2.24) is 20.9 Å². The number of carbonyl (C=O) groups is 4. The number of hydrogen-bond acceptors (Lipinski definition) is 7. The van der Waals surface area contributed by atoms with Gasteiger partial charge >= 0.3 is 0 Å². The topological polar surface area (TPSA) is 135 Å². The number of unbranched alkanes of at least 4 members (excludes halogenated alkanes) is 1. The summed E-state index contributed by atoms with van der Waals surface area (Å²) in [5.41, 5.74) is 1.10. The molecule has 4 rings (SSSR count). The molecule has 0 saturated carbocycles. The molecule has 0 bridgehead atoms. The average Bonchev–Trinajstić information content (AvgIpc) is 3.09. The van der Waals surface area contributed by atoms with Crippen LogP contribution in [0.25, 0.3) is 0 Å². The number of nitrogens with one attached hydrogen (secondary N) is 3. The summed E-state index contributed by atoms with van der Waals surface area (Å²) in [7, 11) is 1.56. The third kappa shape index (κ3) is 10.5. The molecule has 3 aromatic rings. The molecule has 1 aliphatic rings. The number of amides is 4. The number of hydrogen-bond donors (Lipinski definition) is 3. The average molecular weight is 645 g/mol. The minimum Gasteiger partial charge on any atom is -0.493 e. The second kappa shape index (κ2) is 18.2. The molecule has 0 aliphatic carbocycles. The third-order valence-corrected chi connectivity index (χ3v) is 7.72. The van der Waals surface area contributed by atoms with E-state index >= 15 is 0 Å². The minimum absolute atomic E-state index is 0.145. The summed E-state index contributed by atoms with van der Waals surface area (Å²) in [5.74, 6) is -0.336. The van der Waals surface area contributed by atoms with Gasteiger partial charge in [0.1, 0.15) is 24.4 Å². The van der Waals surface area contributed by atoms with Crippen LogP contribution < -0.4 is 30.2 Å². The van der Waals surface area contributed by atoms with E-state index in [9.17, 15) is 19.2 Å². The van der Waals surface area contributed by atoms with E-state index in [4.69, 9.17) is 14.2 Å². The molecule has 0 saturated heterocycles. The zero-order valence-corrected chi connectivity index (χ0v) is 27.0. The van der Waals surface area contributed by atoms with Gasteiger partial charge in [0.15, 0.2) is 11.5 Å². The lowest BCUT2D eigenvalue weighted by Crippen LogP contribution is -2.54. The highest BCUT2D eigenvalue weighted by Crippen LogP contribution is 2.25. The standard InChI is InChI=1S/C36H44N4O7/c1-3-4-20-40-21-23-47-30-16-9-8-15-27(30)34(42)39-28(25-33(41)38-29(36(40)44)24-26-13-6-5-7-14-26)35(43)37-19-12-22-46-32-18-11-10-17-31(32)45-2/h5-11,13-18,28-29H,3-4,12,19-25H2,1-2H3,(H,37,43)(H,38,41)(H,39,42)/t28-,29-/m0/s1. The summed E-state index contributed by atoms with van der Waals surface area (Å²) in [4.78, 5) is 56.0. The van der Waals surface area contributed by atoms with Gasteiger partial charge in [-0.3, -0.25) is 19.2 Å². The molecule has 0 spiro atoms. The van der Waals surface area contributed by atoms with Crippen molar-refractivity contribution in [3.63, 3.8) is 0 Å². The smallest absolute Gasteiger partial charge is 0.255 e. The number of para-hydroxylation sites is 3. The van der Waals surface area contributed by atoms with Crippen molar-refractivity contribution in [3.05, 3.63) is 90.0 Å². The first kappa shape index (κ1) is 34.8. The Labute approximate surface area is 276 Å². The number of carbonyl (C=O) groups excluding carboxylic acids is 4. The zero-order chi connectivity index (χ0) is 33.4. The van der Waals surface area contributed by atoms with Crippen LogP contribution in [0.15, 0.2) is 78.9 Å². The van der Waals surface area contributed by atoms with E-state index in [2.05, 4.69) is 16.0 Å². The SMILES string of the molecule is CCCCN1CCOc2ccccc2C(=O)N[C@H](C(=O)NCCCOc2ccccc2OC)CC(=O)N[C@@H](Cc2ccccc2)C1=O. The lowest BCUT2D eigenvalue weighted by molar-refractivity contribution is -0.137. The van der Waals surface area contributed by atoms with Crippen LogP contribution in [0, 0.1) is 0 Å². The van der Waals surface area contributed by atoms with Crippen LogP contribution in [0.1, 0.15) is 48.5 Å². The van der Waals surface area contributed by atoms with Gasteiger partial charge in [-0.25, -0.2) is 0 Å². The Hall–Kier alpha value is -5.06. The Balaban J connectivity index is 1.51. The van der Waals surface area contributed by atoms with E-state index in [0.717, 1.165) is 18.4 Å². The highest BCUT2D eigenvalue weighted by molar-refractivity contribution is 6.01. The Morgan fingerprint density at radius 1 is 0.936 bits per heavy atom. The summed E-state index contributed by atoms with van der Waals surface area (Å²) in [6.45, 7) is 3.51. The molecule has 250 valence electrons. The number of methoxy groups -OCH3 is 1. The van der Waals surface area contributed by atoms with Crippen LogP contribution in [-0.2, 0) is 20.8 Å². The van der Waals surface area contributed by atoms with E-state index in [-0.39, 0.29) is 44.0 Å². The fraction of sp³-hybridized carbons (Fsp3) is 0.389. The van der Waals surface area contributed by atoms with E-state index < -0.39 is 29.8 Å². The van der Waals surface area contributed by atoms with Gasteiger partial charge in [0.2, 0.25) is 17.7 Å². The molecule has 3 aromatic carbocycles. The first-order valence-corrected chi connectivity index (χ1v) is 16.1. The second-order valence-electron chi connectivity index (χ2n) is 11.2. The van der Waals surface area contributed by atoms with Crippen molar-refractivity contribution in [1.29, 1.82) is 0 Å². The lowest BCUT2D eigenvalue weighted by Gasteiger charge is -2.29. The highest BCUT2D eigenvalue weighted by atomic mass is 16.5. The molecule has 11 nitrogen and oxygen atoms in total. The maximum atomic E-state index is 13.9. The quantitative estimate of drug-likeness (QED) is 0.257. The van der Waals surface area contributed by atoms with Crippen LogP contribution >= 0.6 is 0 Å². The van der Waals surface area contributed by atoms with Crippen molar-refractivity contribution in [3.8, 4) is 17.2 Å². The first-order chi connectivity index (χ1) is 22.9. The molecule has 0 fully saturated rings. The summed E-state index contributed by atoms with van der Waals surface area (Å²) < 4.78 is 17.1. The van der Waals surface area contributed by atoms with E-state index in [0.29, 0.717) is 36.8 Å². The van der Waals surface area contributed by atoms with Crippen molar-refractivity contribution in [2.24, 2.45) is 0 Å². The van der Waals surface area contributed by atoms with Crippen molar-refractivity contribution in [2.45, 2.75) is 51.1 Å². The second-order valence-corrected chi connectivity index (χ2v) is 11.2. The number of benzene rings is 3. The van der Waals surface area contributed by atoms with Crippen LogP contribution in [0.5, 0.6) is 17.2 Å². The molecule has 0 radical (unpaired) electrons. The molecular formula is C36H44N4O7. The van der Waals surface area contributed by atoms with E-state index in [1.807, 2.05) is 49.4 Å². The van der Waals surface area contributed by atoms with Crippen LogP contribution in [0.3, 0.4) is 0 Å². The molecule has 0 aromatic heterocycles. The van der Waals surface area contributed by atoms with Crippen molar-refractivity contribution >= 4 is 23.6 Å². The van der Waals surface area contributed by atoms with Crippen LogP contribution in [0.4, 0.5) is 0 Å². The Bertz CT molecular complexity index is 1480. The highest BCUT2D eigenvalue weighted by Gasteiger charge is 2.30. The molecule has 1 aliphatic heterocycles. The van der Waals surface area contributed by atoms with Gasteiger partial charge < -0.3 is 35.1 Å². The summed E-state index contributed by atoms with van der Waals surface area (Å²) in [5, 5.41) is 8.39. The number of ether oxygens (including phenoxy) is 3. The van der Waals surface area contributed by atoms with Gasteiger partial charge in [-0.1, -0.05) is 67.9 Å². The summed E-state index contributed by atoms with van der Waals surface area (Å²) in [6.07, 6.45) is 2.03. The fourth-order valence-corrected chi connectivity index (χ4v) is 5.21. The predicted molar refractivity (Wildman–Crippen MR) is 177 cm³/mol. The molecule has 11 heteroatoms. The minimum atomic E-state index is -1.21. The number of nitrogens with zero attached hydrogens (tertiary/aromatic N) is 1. The monoisotopic (exact) mass is 644 g/mol. The molecule has 47 heavy (non-hydrogen) atoms. The largest absolute Gasteiger partial charge is 0.493 e. The first-order valence-electron chi connectivity index (χ1n) is 16.1. The molecular weight excluding hydrogens is 600 g/mol. The van der Waals surface area contributed by atoms with Crippen LogP contribution in [0.2, 0.25) is 0 Å². The number of rotatable bonds is 12. The van der Waals surface area contributed by atoms with Gasteiger partial charge in [0.25, 0.3) is 5.91 Å². The van der Waals surface area contributed by atoms with Crippen molar-refractivity contribution < 1.29 is 33.4 Å². The number of fused-ring (bicyclic) bond motifs is 1. The van der Waals surface area contributed by atoms with Gasteiger partial charge in [-0.2, -0.15) is 0 Å². The molecule has 2 atom stereocenters. The Kier molecular flexibility index (Phi) is 13.5. The van der Waals surface area contributed by atoms with Crippen LogP contribution in [-0.4, -0.2) is 80.6 Å². The normalized spacial score (nSPS) is 17.3. The molecule has 3 N–H and O–H groups in total. The van der Waals surface area contributed by atoms with Gasteiger partial charge in [-0.05, 0) is 42.7 Å². The fourth-order valence-electron chi connectivity index (χ4n) is 5.21. The molecule has 1 heterocycles. The summed E-state index contributed by atoms with van der Waals surface area (Å²) >= 11 is 0. The molecule has 0 unspecified atom stereocenters. The van der Waals surface area contributed by atoms with E-state index in [1.165, 1.54) is 0 Å². The Morgan fingerprint density at radius 2 is 1.66 bits per heavy atom. The van der Waals surface area contributed by atoms with Gasteiger partial charge in [-0.15, -0.1) is 0 Å². The third-order valence-electron chi connectivity index (χ3n) is 7.72.